The fraction of sp³-hybridized carbons (Fsp3) is 0.917. The van der Waals surface area contributed by atoms with Crippen molar-refractivity contribution < 1.29 is 9.90 Å². The molecule has 1 atom stereocenters. The molecule has 1 unspecified atom stereocenters. The monoisotopic (exact) mass is 215 g/mol. The van der Waals surface area contributed by atoms with Gasteiger partial charge in [0.1, 0.15) is 0 Å². The second kappa shape index (κ2) is 9.97. The highest BCUT2D eigenvalue weighted by atomic mass is 16.4. The summed E-state index contributed by atoms with van der Waals surface area (Å²) in [5.74, 6) is -0.825. The lowest BCUT2D eigenvalue weighted by Gasteiger charge is -2.11. The predicted molar refractivity (Wildman–Crippen MR) is 62.8 cm³/mol. The summed E-state index contributed by atoms with van der Waals surface area (Å²) in [6.45, 7) is 2.78. The molecular weight excluding hydrogens is 190 g/mol. The van der Waals surface area contributed by atoms with Gasteiger partial charge in [0.2, 0.25) is 0 Å². The van der Waals surface area contributed by atoms with Gasteiger partial charge in [0.15, 0.2) is 0 Å². The normalized spacial score (nSPS) is 12.7. The molecule has 0 saturated heterocycles. The third-order valence-corrected chi connectivity index (χ3v) is 2.76. The highest BCUT2D eigenvalue weighted by Crippen LogP contribution is 2.16. The zero-order valence-corrected chi connectivity index (χ0v) is 9.87. The van der Waals surface area contributed by atoms with E-state index in [0.29, 0.717) is 6.54 Å². The first-order chi connectivity index (χ1) is 7.22. The summed E-state index contributed by atoms with van der Waals surface area (Å²) >= 11 is 0. The first-order valence-electron chi connectivity index (χ1n) is 6.15. The smallest absolute Gasteiger partial charge is 0.306 e. The lowest BCUT2D eigenvalue weighted by molar-refractivity contribution is -0.142. The van der Waals surface area contributed by atoms with Crippen LogP contribution in [0.1, 0.15) is 58.3 Å². The summed E-state index contributed by atoms with van der Waals surface area (Å²) < 4.78 is 0. The number of carboxylic acids is 1. The van der Waals surface area contributed by atoms with Gasteiger partial charge in [-0.05, 0) is 25.8 Å². The topological polar surface area (TPSA) is 63.3 Å². The summed E-state index contributed by atoms with van der Waals surface area (Å²) in [5, 5.41) is 8.96. The molecule has 3 heteroatoms. The number of hydrogen-bond donors (Lipinski definition) is 2. The van der Waals surface area contributed by atoms with Gasteiger partial charge < -0.3 is 10.8 Å². The van der Waals surface area contributed by atoms with E-state index in [1.807, 2.05) is 0 Å². The zero-order valence-electron chi connectivity index (χ0n) is 9.87. The predicted octanol–water partition coefficient (Wildman–Crippen LogP) is 2.79. The van der Waals surface area contributed by atoms with E-state index in [-0.39, 0.29) is 5.92 Å². The van der Waals surface area contributed by atoms with Crippen LogP contribution in [0, 0.1) is 5.92 Å². The molecule has 0 heterocycles. The van der Waals surface area contributed by atoms with Crippen LogP contribution in [-0.4, -0.2) is 17.6 Å². The molecule has 3 N–H and O–H groups in total. The Balaban J connectivity index is 3.53. The molecule has 0 rings (SSSR count). The van der Waals surface area contributed by atoms with Crippen LogP contribution in [0.15, 0.2) is 0 Å². The van der Waals surface area contributed by atoms with Crippen molar-refractivity contribution in [1.29, 1.82) is 0 Å². The molecule has 90 valence electrons. The van der Waals surface area contributed by atoms with E-state index < -0.39 is 5.97 Å². The molecule has 0 aromatic carbocycles. The van der Waals surface area contributed by atoms with Gasteiger partial charge in [-0.25, -0.2) is 0 Å². The van der Waals surface area contributed by atoms with Crippen molar-refractivity contribution in [3.05, 3.63) is 0 Å². The van der Waals surface area contributed by atoms with Gasteiger partial charge in [-0.1, -0.05) is 39.0 Å². The molecule has 0 saturated carbocycles. The average molecular weight is 215 g/mol. The maximum atomic E-state index is 10.9. The summed E-state index contributed by atoms with van der Waals surface area (Å²) in [6, 6.07) is 0. The van der Waals surface area contributed by atoms with E-state index in [9.17, 15) is 4.79 Å². The molecule has 0 spiro atoms. The molecule has 0 aliphatic carbocycles. The van der Waals surface area contributed by atoms with Gasteiger partial charge in [0.25, 0.3) is 0 Å². The molecule has 3 nitrogen and oxygen atoms in total. The lowest BCUT2D eigenvalue weighted by atomic mass is 9.96. The maximum Gasteiger partial charge on any atom is 0.306 e. The van der Waals surface area contributed by atoms with E-state index >= 15 is 0 Å². The molecule has 0 aromatic heterocycles. The van der Waals surface area contributed by atoms with Crippen molar-refractivity contribution in [2.45, 2.75) is 58.3 Å². The molecule has 0 radical (unpaired) electrons. The number of aliphatic carboxylic acids is 1. The van der Waals surface area contributed by atoms with Crippen molar-refractivity contribution >= 4 is 5.97 Å². The zero-order chi connectivity index (χ0) is 11.5. The molecule has 15 heavy (non-hydrogen) atoms. The van der Waals surface area contributed by atoms with Crippen LogP contribution in [0.4, 0.5) is 0 Å². The average Bonchev–Trinajstić information content (AvgIpc) is 2.21. The highest BCUT2D eigenvalue weighted by Gasteiger charge is 2.15. The van der Waals surface area contributed by atoms with Gasteiger partial charge in [-0.15, -0.1) is 0 Å². The molecule has 0 bridgehead atoms. The van der Waals surface area contributed by atoms with Crippen LogP contribution >= 0.6 is 0 Å². The first kappa shape index (κ1) is 14.4. The molecule has 0 aromatic rings. The third kappa shape index (κ3) is 8.43. The summed E-state index contributed by atoms with van der Waals surface area (Å²) in [6.07, 6.45) is 8.32. The molecule has 0 aliphatic rings. The van der Waals surface area contributed by atoms with Crippen LogP contribution < -0.4 is 5.73 Å². The molecule has 0 fully saturated rings. The summed E-state index contributed by atoms with van der Waals surface area (Å²) in [5.41, 5.74) is 5.38. The van der Waals surface area contributed by atoms with E-state index in [1.165, 1.54) is 25.7 Å². The minimum Gasteiger partial charge on any atom is -0.481 e. The van der Waals surface area contributed by atoms with Gasteiger partial charge in [-0.3, -0.25) is 4.79 Å². The van der Waals surface area contributed by atoms with Crippen LogP contribution in [0.2, 0.25) is 0 Å². The minimum atomic E-state index is -0.654. The van der Waals surface area contributed by atoms with Crippen molar-refractivity contribution in [1.82, 2.24) is 0 Å². The lowest BCUT2D eigenvalue weighted by Crippen LogP contribution is -2.15. The van der Waals surface area contributed by atoms with Crippen molar-refractivity contribution in [2.75, 3.05) is 6.54 Å². The van der Waals surface area contributed by atoms with Crippen LogP contribution in [0.3, 0.4) is 0 Å². The Kier molecular flexibility index (Phi) is 9.59. The second-order valence-corrected chi connectivity index (χ2v) is 4.17. The van der Waals surface area contributed by atoms with Gasteiger partial charge in [0, 0.05) is 0 Å². The van der Waals surface area contributed by atoms with E-state index in [4.69, 9.17) is 10.8 Å². The summed E-state index contributed by atoms with van der Waals surface area (Å²) in [4.78, 5) is 10.9. The molecule has 0 amide bonds. The molecular formula is C12H25NO2. The standard InChI is InChI=1S/C12H25NO2/c1-2-3-4-5-6-8-11(12(14)15)9-7-10-13/h11H,2-10,13H2,1H3,(H,14,15). The van der Waals surface area contributed by atoms with E-state index in [0.717, 1.165) is 25.7 Å². The van der Waals surface area contributed by atoms with Crippen molar-refractivity contribution in [3.63, 3.8) is 0 Å². The van der Waals surface area contributed by atoms with Crippen molar-refractivity contribution in [3.8, 4) is 0 Å². The fourth-order valence-electron chi connectivity index (χ4n) is 1.75. The Hall–Kier alpha value is -0.570. The Morgan fingerprint density at radius 2 is 1.73 bits per heavy atom. The Morgan fingerprint density at radius 3 is 2.27 bits per heavy atom. The first-order valence-corrected chi connectivity index (χ1v) is 6.15. The van der Waals surface area contributed by atoms with Crippen LogP contribution in [-0.2, 0) is 4.79 Å². The quantitative estimate of drug-likeness (QED) is 0.551. The second-order valence-electron chi connectivity index (χ2n) is 4.17. The SMILES string of the molecule is CCCCCCCC(CCCN)C(=O)O. The Labute approximate surface area is 93.0 Å². The number of nitrogens with two attached hydrogens (primary N) is 1. The van der Waals surface area contributed by atoms with Crippen molar-refractivity contribution in [2.24, 2.45) is 11.7 Å². The number of hydrogen-bond acceptors (Lipinski definition) is 2. The number of unbranched alkanes of at least 4 members (excludes halogenated alkanes) is 4. The van der Waals surface area contributed by atoms with Gasteiger partial charge >= 0.3 is 5.97 Å². The fourth-order valence-corrected chi connectivity index (χ4v) is 1.75. The number of carbonyl (C=O) groups is 1. The summed E-state index contributed by atoms with van der Waals surface area (Å²) in [7, 11) is 0. The van der Waals surface area contributed by atoms with E-state index in [2.05, 4.69) is 6.92 Å². The highest BCUT2D eigenvalue weighted by molar-refractivity contribution is 5.69. The number of rotatable bonds is 10. The van der Waals surface area contributed by atoms with Gasteiger partial charge in [0.05, 0.1) is 5.92 Å². The third-order valence-electron chi connectivity index (χ3n) is 2.76. The van der Waals surface area contributed by atoms with Gasteiger partial charge in [-0.2, -0.15) is 0 Å². The number of carboxylic acid groups (broad SMARTS) is 1. The van der Waals surface area contributed by atoms with Crippen LogP contribution in [0.5, 0.6) is 0 Å². The maximum absolute atomic E-state index is 10.9. The van der Waals surface area contributed by atoms with E-state index in [1.54, 1.807) is 0 Å². The largest absolute Gasteiger partial charge is 0.481 e. The molecule has 0 aliphatic heterocycles. The Bertz CT molecular complexity index is 160. The Morgan fingerprint density at radius 1 is 1.13 bits per heavy atom. The van der Waals surface area contributed by atoms with Crippen LogP contribution in [0.25, 0.3) is 0 Å². The minimum absolute atomic E-state index is 0.171.